The van der Waals surface area contributed by atoms with Crippen molar-refractivity contribution in [2.75, 3.05) is 37.4 Å². The lowest BCUT2D eigenvalue weighted by Crippen LogP contribution is -2.55. The number of hydrogen-bond donors (Lipinski definition) is 2. The van der Waals surface area contributed by atoms with Gasteiger partial charge in [0.2, 0.25) is 15.9 Å². The van der Waals surface area contributed by atoms with Crippen LogP contribution in [0.4, 0.5) is 5.69 Å². The van der Waals surface area contributed by atoms with Gasteiger partial charge in [0.15, 0.2) is 0 Å². The number of anilines is 1. The highest BCUT2D eigenvalue weighted by molar-refractivity contribution is 7.89. The number of rotatable bonds is 7. The van der Waals surface area contributed by atoms with E-state index in [0.717, 1.165) is 42.6 Å². The van der Waals surface area contributed by atoms with Crippen molar-refractivity contribution in [3.05, 3.63) is 64.7 Å². The fourth-order valence-electron chi connectivity index (χ4n) is 7.03. The molecule has 6 atom stereocenters. The average Bonchev–Trinajstić information content (AvgIpc) is 3.75. The molecular weight excluding hydrogens is 536 g/mol. The van der Waals surface area contributed by atoms with Crippen LogP contribution in [0.15, 0.2) is 48.5 Å². The number of nitrogens with two attached hydrogens (primary N) is 1. The van der Waals surface area contributed by atoms with Gasteiger partial charge in [-0.2, -0.15) is 4.31 Å². The van der Waals surface area contributed by atoms with Gasteiger partial charge in [-0.25, -0.2) is 8.42 Å². The van der Waals surface area contributed by atoms with Gasteiger partial charge in [-0.1, -0.05) is 41.9 Å². The molecule has 10 heteroatoms. The van der Waals surface area contributed by atoms with E-state index in [-0.39, 0.29) is 17.7 Å². The molecule has 4 heterocycles. The maximum absolute atomic E-state index is 13.6. The molecule has 4 saturated heterocycles. The fourth-order valence-corrected chi connectivity index (χ4v) is 8.97. The second kappa shape index (κ2) is 10.8. The molecule has 4 aliphatic rings. The zero-order chi connectivity index (χ0) is 27.2. The zero-order valence-corrected chi connectivity index (χ0v) is 23.7. The van der Waals surface area contributed by atoms with Crippen molar-refractivity contribution in [1.82, 2.24) is 9.21 Å². The van der Waals surface area contributed by atoms with E-state index in [1.165, 1.54) is 0 Å². The number of halogens is 1. The van der Waals surface area contributed by atoms with Crippen LogP contribution in [0.25, 0.3) is 0 Å². The summed E-state index contributed by atoms with van der Waals surface area (Å²) in [4.78, 5) is 16.1. The lowest BCUT2D eigenvalue weighted by atomic mass is 9.68. The monoisotopic (exact) mass is 572 g/mol. The largest absolute Gasteiger partial charge is 0.381 e. The maximum Gasteiger partial charge on any atom is 0.242 e. The number of ether oxygens (including phenoxy) is 1. The third-order valence-electron chi connectivity index (χ3n) is 9.33. The van der Waals surface area contributed by atoms with Crippen molar-refractivity contribution < 1.29 is 17.9 Å². The highest BCUT2D eigenvalue weighted by Crippen LogP contribution is 2.41. The van der Waals surface area contributed by atoms with Gasteiger partial charge in [-0.05, 0) is 67.9 Å². The summed E-state index contributed by atoms with van der Waals surface area (Å²) < 4.78 is 33.5. The highest BCUT2D eigenvalue weighted by atomic mass is 35.5. The summed E-state index contributed by atoms with van der Waals surface area (Å²) in [5, 5.41) is 3.76. The molecule has 4 unspecified atom stereocenters. The van der Waals surface area contributed by atoms with Crippen LogP contribution in [0.3, 0.4) is 0 Å². The molecule has 3 N–H and O–H groups in total. The molecule has 0 radical (unpaired) electrons. The van der Waals surface area contributed by atoms with Crippen molar-refractivity contribution in [3.8, 4) is 0 Å². The van der Waals surface area contributed by atoms with E-state index >= 15 is 0 Å². The summed E-state index contributed by atoms with van der Waals surface area (Å²) in [6.45, 7) is 2.67. The minimum absolute atomic E-state index is 0.0224. The standard InChI is InChI=1S/C29H37ClN4O4S/c30-22-10-8-21(9-11-22)29(13-15-38-16-14-29)27(31)28(35)32-24-6-2-1-4-20(24)7-12-25-26-19-33(26)23-5-3-17-39(36,37)34(25)18-23/h1-2,4,6,8-11,23,25-27H,3,5,7,12-19,31H2,(H,32,35)/t23?,25-,26?,27+,33?/m0/s1. The van der Waals surface area contributed by atoms with E-state index in [0.29, 0.717) is 56.1 Å². The molecule has 0 aliphatic carbocycles. The smallest absolute Gasteiger partial charge is 0.242 e. The van der Waals surface area contributed by atoms with Crippen LogP contribution >= 0.6 is 11.6 Å². The Labute approximate surface area is 235 Å². The van der Waals surface area contributed by atoms with Gasteiger partial charge in [0.1, 0.15) is 0 Å². The predicted octanol–water partition coefficient (Wildman–Crippen LogP) is 3.15. The van der Waals surface area contributed by atoms with Gasteiger partial charge in [-0.15, -0.1) is 0 Å². The van der Waals surface area contributed by atoms with Gasteiger partial charge >= 0.3 is 0 Å². The van der Waals surface area contributed by atoms with Crippen LogP contribution in [0.1, 0.15) is 43.2 Å². The van der Waals surface area contributed by atoms with Crippen LogP contribution in [0.5, 0.6) is 0 Å². The molecule has 4 aliphatic heterocycles. The Balaban J connectivity index is 1.18. The molecule has 0 saturated carbocycles. The number of para-hydroxylation sites is 1. The molecule has 0 spiro atoms. The summed E-state index contributed by atoms with van der Waals surface area (Å²) in [6, 6.07) is 15.2. The van der Waals surface area contributed by atoms with E-state index in [1.54, 1.807) is 4.31 Å². The lowest BCUT2D eigenvalue weighted by Gasteiger charge is -2.41. The van der Waals surface area contributed by atoms with E-state index in [4.69, 9.17) is 22.1 Å². The van der Waals surface area contributed by atoms with Gasteiger partial charge in [0.05, 0.1) is 11.8 Å². The van der Waals surface area contributed by atoms with Crippen molar-refractivity contribution in [1.29, 1.82) is 0 Å². The maximum atomic E-state index is 13.6. The molecule has 8 nitrogen and oxygen atoms in total. The number of benzene rings is 2. The minimum atomic E-state index is -3.24. The predicted molar refractivity (Wildman–Crippen MR) is 152 cm³/mol. The number of piperazine rings is 1. The number of amides is 1. The second-order valence-electron chi connectivity index (χ2n) is 11.5. The Bertz CT molecular complexity index is 1310. The number of sulfonamides is 1. The zero-order valence-electron chi connectivity index (χ0n) is 22.1. The fraction of sp³-hybridized carbons (Fsp3) is 0.552. The topological polar surface area (TPSA) is 105 Å². The van der Waals surface area contributed by atoms with Crippen LogP contribution < -0.4 is 11.1 Å². The molecule has 4 fully saturated rings. The van der Waals surface area contributed by atoms with E-state index in [2.05, 4.69) is 10.2 Å². The van der Waals surface area contributed by atoms with E-state index in [1.807, 2.05) is 48.5 Å². The summed E-state index contributed by atoms with van der Waals surface area (Å²) in [5.74, 6) is 0.00849. The van der Waals surface area contributed by atoms with Crippen LogP contribution in [0.2, 0.25) is 5.02 Å². The van der Waals surface area contributed by atoms with Gasteiger partial charge in [0.25, 0.3) is 0 Å². The first-order valence-corrected chi connectivity index (χ1v) is 16.0. The Hall–Kier alpha value is -2.01. The lowest BCUT2D eigenvalue weighted by molar-refractivity contribution is -0.120. The summed E-state index contributed by atoms with van der Waals surface area (Å²) >= 11 is 6.14. The number of carbonyl (C=O) groups excluding carboxylic acids is 1. The second-order valence-corrected chi connectivity index (χ2v) is 13.9. The summed E-state index contributed by atoms with van der Waals surface area (Å²) in [7, 11) is -3.24. The van der Waals surface area contributed by atoms with Gasteiger partial charge in [-0.3, -0.25) is 9.69 Å². The number of carbonyl (C=O) groups is 1. The molecular formula is C29H37ClN4O4S. The Kier molecular flexibility index (Phi) is 7.50. The van der Waals surface area contributed by atoms with Crippen LogP contribution in [-0.2, 0) is 31.4 Å². The molecule has 2 aromatic rings. The van der Waals surface area contributed by atoms with E-state index in [9.17, 15) is 13.2 Å². The number of hydrogen-bond acceptors (Lipinski definition) is 6. The molecule has 0 aromatic heterocycles. The molecule has 39 heavy (non-hydrogen) atoms. The van der Waals surface area contributed by atoms with E-state index < -0.39 is 21.5 Å². The number of nitrogens with zero attached hydrogens (tertiary/aromatic N) is 2. The normalized spacial score (nSPS) is 31.4. The Morgan fingerprint density at radius 3 is 2.64 bits per heavy atom. The minimum Gasteiger partial charge on any atom is -0.381 e. The van der Waals surface area contributed by atoms with Crippen molar-refractivity contribution in [2.24, 2.45) is 5.73 Å². The first-order valence-electron chi connectivity index (χ1n) is 14.0. The average molecular weight is 573 g/mol. The number of nitrogens with one attached hydrogen (secondary N) is 1. The summed E-state index contributed by atoms with van der Waals surface area (Å²) in [6.07, 6.45) is 4.38. The molecule has 1 amide bonds. The van der Waals surface area contributed by atoms with Gasteiger partial charge < -0.3 is 15.8 Å². The van der Waals surface area contributed by atoms with Gasteiger partial charge in [0, 0.05) is 60.6 Å². The van der Waals surface area contributed by atoms with Crippen LogP contribution in [0, 0.1) is 0 Å². The third kappa shape index (κ3) is 5.25. The summed E-state index contributed by atoms with van der Waals surface area (Å²) in [5.41, 5.74) is 8.91. The van der Waals surface area contributed by atoms with Crippen molar-refractivity contribution in [2.45, 2.75) is 68.1 Å². The first-order chi connectivity index (χ1) is 18.8. The SMILES string of the molecule is N[C@H](C(=O)Nc1ccccc1CC[C@H]1C2CN2C2CCCS(=O)(=O)N1C2)C1(c2ccc(Cl)cc2)CCOCC1. The molecule has 6 rings (SSSR count). The quantitative estimate of drug-likeness (QED) is 0.494. The first kappa shape index (κ1) is 27.2. The van der Waals surface area contributed by atoms with Crippen molar-refractivity contribution in [3.63, 3.8) is 0 Å². The van der Waals surface area contributed by atoms with Crippen LogP contribution in [-0.4, -0.2) is 79.8 Å². The Morgan fingerprint density at radius 2 is 1.87 bits per heavy atom. The number of fused-ring (bicyclic) bond motifs is 4. The Morgan fingerprint density at radius 1 is 1.13 bits per heavy atom. The third-order valence-corrected chi connectivity index (χ3v) is 11.5. The molecule has 2 bridgehead atoms. The number of aryl methyl sites for hydroxylation is 1. The molecule has 2 aromatic carbocycles. The molecule has 210 valence electrons. The highest BCUT2D eigenvalue weighted by Gasteiger charge is 2.55. The van der Waals surface area contributed by atoms with Crippen molar-refractivity contribution >= 4 is 33.2 Å².